The van der Waals surface area contributed by atoms with Gasteiger partial charge in [0, 0.05) is 36.0 Å². The molecule has 0 spiro atoms. The van der Waals surface area contributed by atoms with Crippen LogP contribution in [-0.2, 0) is 0 Å². The molecule has 3 aromatic rings. The molecule has 0 fully saturated rings. The number of alkyl halides is 2. The Morgan fingerprint density at radius 3 is 2.24 bits per heavy atom. The highest BCUT2D eigenvalue weighted by molar-refractivity contribution is 6.18. The van der Waals surface area contributed by atoms with Crippen LogP contribution in [0.5, 0.6) is 0 Å². The Hall–Kier alpha value is -2.56. The van der Waals surface area contributed by atoms with Crippen LogP contribution in [-0.4, -0.2) is 41.9 Å². The standard InChI is InChI=1S/C23H22Cl2N2O2/c1-17-2-4-18(5-3-17)22-11-10-21(29-22)16-26-20-8-6-19(7-9-20)23(28)27(14-12-24)15-13-25/h2-11,16H,12-15H2,1H3. The van der Waals surface area contributed by atoms with Crippen molar-refractivity contribution in [2.45, 2.75) is 6.92 Å². The van der Waals surface area contributed by atoms with E-state index in [2.05, 4.69) is 24.0 Å². The molecule has 0 bridgehead atoms. The van der Waals surface area contributed by atoms with Gasteiger partial charge in [-0.3, -0.25) is 9.79 Å². The summed E-state index contributed by atoms with van der Waals surface area (Å²) in [6.45, 7) is 2.99. The van der Waals surface area contributed by atoms with Gasteiger partial charge in [0.1, 0.15) is 11.5 Å². The smallest absolute Gasteiger partial charge is 0.253 e. The lowest BCUT2D eigenvalue weighted by molar-refractivity contribution is 0.0775. The fourth-order valence-electron chi connectivity index (χ4n) is 2.82. The molecule has 150 valence electrons. The number of carbonyl (C=O) groups is 1. The molecule has 2 aromatic carbocycles. The number of hydrogen-bond acceptors (Lipinski definition) is 3. The second-order valence-electron chi connectivity index (χ2n) is 6.54. The maximum Gasteiger partial charge on any atom is 0.253 e. The molecular weight excluding hydrogens is 407 g/mol. The number of aliphatic imine (C=N–C) groups is 1. The maximum absolute atomic E-state index is 12.5. The van der Waals surface area contributed by atoms with Crippen molar-refractivity contribution in [3.8, 4) is 11.3 Å². The van der Waals surface area contributed by atoms with Crippen molar-refractivity contribution >= 4 is 41.0 Å². The molecule has 3 rings (SSSR count). The number of aryl methyl sites for hydroxylation is 1. The van der Waals surface area contributed by atoms with Gasteiger partial charge in [0.15, 0.2) is 0 Å². The second-order valence-corrected chi connectivity index (χ2v) is 7.30. The van der Waals surface area contributed by atoms with Crippen LogP contribution in [0.1, 0.15) is 21.7 Å². The summed E-state index contributed by atoms with van der Waals surface area (Å²) in [6.07, 6.45) is 1.67. The Morgan fingerprint density at radius 2 is 1.62 bits per heavy atom. The molecule has 0 radical (unpaired) electrons. The number of furan rings is 1. The van der Waals surface area contributed by atoms with Crippen molar-refractivity contribution in [3.63, 3.8) is 0 Å². The van der Waals surface area contributed by atoms with Gasteiger partial charge >= 0.3 is 0 Å². The lowest BCUT2D eigenvalue weighted by Crippen LogP contribution is -2.34. The number of benzene rings is 2. The average molecular weight is 429 g/mol. The summed E-state index contributed by atoms with van der Waals surface area (Å²) in [5, 5.41) is 0. The SMILES string of the molecule is Cc1ccc(-c2ccc(C=Nc3ccc(C(=O)N(CCCl)CCCl)cc3)o2)cc1. The fraction of sp³-hybridized carbons (Fsp3) is 0.217. The van der Waals surface area contributed by atoms with Gasteiger partial charge in [0.05, 0.1) is 11.9 Å². The first-order chi connectivity index (χ1) is 14.1. The third-order valence-electron chi connectivity index (χ3n) is 4.41. The van der Waals surface area contributed by atoms with Crippen molar-refractivity contribution in [1.82, 2.24) is 4.90 Å². The molecule has 4 nitrogen and oxygen atoms in total. The van der Waals surface area contributed by atoms with Crippen LogP contribution in [0.25, 0.3) is 11.3 Å². The third kappa shape index (κ3) is 5.72. The van der Waals surface area contributed by atoms with E-state index in [1.807, 2.05) is 24.3 Å². The van der Waals surface area contributed by atoms with Gasteiger partial charge in [-0.25, -0.2) is 0 Å². The minimum Gasteiger partial charge on any atom is -0.455 e. The van der Waals surface area contributed by atoms with Gasteiger partial charge < -0.3 is 9.32 Å². The normalized spacial score (nSPS) is 11.1. The van der Waals surface area contributed by atoms with Crippen molar-refractivity contribution in [1.29, 1.82) is 0 Å². The monoisotopic (exact) mass is 428 g/mol. The van der Waals surface area contributed by atoms with E-state index in [9.17, 15) is 4.79 Å². The predicted octanol–water partition coefficient (Wildman–Crippen LogP) is 5.93. The zero-order valence-corrected chi connectivity index (χ0v) is 17.7. The minimum absolute atomic E-state index is 0.0874. The summed E-state index contributed by atoms with van der Waals surface area (Å²) in [6, 6.07) is 19.1. The number of nitrogens with zero attached hydrogens (tertiary/aromatic N) is 2. The van der Waals surface area contributed by atoms with Crippen LogP contribution in [0.2, 0.25) is 0 Å². The Bertz CT molecular complexity index is 957. The van der Waals surface area contributed by atoms with Crippen LogP contribution in [0.4, 0.5) is 5.69 Å². The molecule has 0 N–H and O–H groups in total. The van der Waals surface area contributed by atoms with E-state index in [0.717, 1.165) is 17.0 Å². The Kier molecular flexibility index (Phi) is 7.50. The van der Waals surface area contributed by atoms with Crippen LogP contribution in [0, 0.1) is 6.92 Å². The van der Waals surface area contributed by atoms with E-state index in [0.29, 0.717) is 36.2 Å². The summed E-state index contributed by atoms with van der Waals surface area (Å²) < 4.78 is 5.84. The summed E-state index contributed by atoms with van der Waals surface area (Å²) in [5.41, 5.74) is 3.55. The summed E-state index contributed by atoms with van der Waals surface area (Å²) in [5.74, 6) is 2.12. The van der Waals surface area contributed by atoms with Gasteiger partial charge in [-0.15, -0.1) is 23.2 Å². The number of rotatable bonds is 8. The highest BCUT2D eigenvalue weighted by atomic mass is 35.5. The number of halogens is 2. The molecule has 29 heavy (non-hydrogen) atoms. The lowest BCUT2D eigenvalue weighted by Gasteiger charge is -2.20. The summed E-state index contributed by atoms with van der Waals surface area (Å²) in [4.78, 5) is 18.6. The second kappa shape index (κ2) is 10.3. The largest absolute Gasteiger partial charge is 0.455 e. The molecule has 0 atom stereocenters. The maximum atomic E-state index is 12.5. The molecule has 6 heteroatoms. The average Bonchev–Trinajstić information content (AvgIpc) is 3.21. The van der Waals surface area contributed by atoms with Gasteiger partial charge in [-0.2, -0.15) is 0 Å². The zero-order valence-electron chi connectivity index (χ0n) is 16.1. The molecule has 0 aliphatic heterocycles. The topological polar surface area (TPSA) is 45.8 Å². The first-order valence-electron chi connectivity index (χ1n) is 9.33. The van der Waals surface area contributed by atoms with Crippen molar-refractivity contribution < 1.29 is 9.21 Å². The molecule has 0 saturated heterocycles. The Morgan fingerprint density at radius 1 is 0.966 bits per heavy atom. The number of amides is 1. The van der Waals surface area contributed by atoms with Crippen molar-refractivity contribution in [2.75, 3.05) is 24.8 Å². The highest BCUT2D eigenvalue weighted by Gasteiger charge is 2.14. The van der Waals surface area contributed by atoms with Crippen LogP contribution in [0.15, 0.2) is 70.1 Å². The van der Waals surface area contributed by atoms with E-state index in [1.54, 1.807) is 35.4 Å². The Balaban J connectivity index is 1.67. The summed E-state index contributed by atoms with van der Waals surface area (Å²) >= 11 is 11.5. The zero-order chi connectivity index (χ0) is 20.6. The van der Waals surface area contributed by atoms with E-state index in [1.165, 1.54) is 5.56 Å². The van der Waals surface area contributed by atoms with Gasteiger partial charge in [0.2, 0.25) is 0 Å². The number of hydrogen-bond donors (Lipinski definition) is 0. The molecule has 0 saturated carbocycles. The first kappa shape index (κ1) is 21.2. The highest BCUT2D eigenvalue weighted by Crippen LogP contribution is 2.22. The molecule has 1 aromatic heterocycles. The molecule has 0 aliphatic rings. The van der Waals surface area contributed by atoms with Crippen LogP contribution in [0.3, 0.4) is 0 Å². The van der Waals surface area contributed by atoms with E-state index in [4.69, 9.17) is 27.6 Å². The van der Waals surface area contributed by atoms with E-state index < -0.39 is 0 Å². The van der Waals surface area contributed by atoms with Crippen LogP contribution >= 0.6 is 23.2 Å². The first-order valence-corrected chi connectivity index (χ1v) is 10.4. The fourth-order valence-corrected chi connectivity index (χ4v) is 3.23. The van der Waals surface area contributed by atoms with Gasteiger partial charge in [-0.1, -0.05) is 29.8 Å². The van der Waals surface area contributed by atoms with Crippen molar-refractivity contribution in [2.24, 2.45) is 4.99 Å². The molecule has 0 unspecified atom stereocenters. The van der Waals surface area contributed by atoms with E-state index >= 15 is 0 Å². The third-order valence-corrected chi connectivity index (χ3v) is 4.75. The lowest BCUT2D eigenvalue weighted by atomic mass is 10.1. The molecule has 0 aliphatic carbocycles. The number of carbonyl (C=O) groups excluding carboxylic acids is 1. The predicted molar refractivity (Wildman–Crippen MR) is 120 cm³/mol. The minimum atomic E-state index is -0.0874. The molecular formula is C23H22Cl2N2O2. The van der Waals surface area contributed by atoms with Gasteiger partial charge in [-0.05, 0) is 43.3 Å². The van der Waals surface area contributed by atoms with Crippen molar-refractivity contribution in [3.05, 3.63) is 77.6 Å². The van der Waals surface area contributed by atoms with Gasteiger partial charge in [0.25, 0.3) is 5.91 Å². The quantitative estimate of drug-likeness (QED) is 0.329. The Labute approximate surface area is 180 Å². The van der Waals surface area contributed by atoms with Crippen LogP contribution < -0.4 is 0 Å². The van der Waals surface area contributed by atoms with E-state index in [-0.39, 0.29) is 5.91 Å². The summed E-state index contributed by atoms with van der Waals surface area (Å²) in [7, 11) is 0. The molecule has 1 heterocycles. The molecule has 1 amide bonds.